The van der Waals surface area contributed by atoms with Gasteiger partial charge in [0.05, 0.1) is 29.5 Å². The average Bonchev–Trinajstić information content (AvgIpc) is 2.78. The van der Waals surface area contributed by atoms with E-state index in [0.717, 1.165) is 6.26 Å². The number of amides is 1. The number of hydrogen-bond acceptors (Lipinski definition) is 7. The van der Waals surface area contributed by atoms with E-state index in [2.05, 4.69) is 25.3 Å². The monoisotopic (exact) mass is 506 g/mol. The number of carbonyl (C=O) groups excluding carboxylic acids is 1. The molecule has 3 N–H and O–H groups in total. The Labute approximate surface area is 202 Å². The minimum absolute atomic E-state index is 0.0189. The Hall–Kier alpha value is -3.44. The van der Waals surface area contributed by atoms with E-state index < -0.39 is 15.8 Å². The zero-order chi connectivity index (χ0) is 24.9. The van der Waals surface area contributed by atoms with E-state index in [9.17, 15) is 17.6 Å². The number of nitrogens with one attached hydrogen (secondary N) is 3. The number of aromatic nitrogens is 2. The van der Waals surface area contributed by atoms with E-state index in [-0.39, 0.29) is 28.4 Å². The topological polar surface area (TPSA) is 116 Å². The van der Waals surface area contributed by atoms with Crippen LogP contribution in [0.2, 0.25) is 5.02 Å². The fourth-order valence-electron chi connectivity index (χ4n) is 3.09. The molecule has 1 aromatic heterocycles. The van der Waals surface area contributed by atoms with Crippen molar-refractivity contribution >= 4 is 56.4 Å². The molecule has 0 saturated carbocycles. The molecule has 2 aromatic carbocycles. The third-order valence-corrected chi connectivity index (χ3v) is 5.60. The molecule has 0 aliphatic carbocycles. The summed E-state index contributed by atoms with van der Waals surface area (Å²) in [6.45, 7) is 4.79. The maximum absolute atomic E-state index is 14.5. The van der Waals surface area contributed by atoms with Crippen LogP contribution in [0.4, 0.5) is 33.2 Å². The van der Waals surface area contributed by atoms with Gasteiger partial charge in [0, 0.05) is 18.7 Å². The van der Waals surface area contributed by atoms with Gasteiger partial charge in [0.1, 0.15) is 10.8 Å². The summed E-state index contributed by atoms with van der Waals surface area (Å²) >= 11 is 6.22. The second-order valence-corrected chi connectivity index (χ2v) is 9.39. The fourth-order valence-corrected chi connectivity index (χ4v) is 3.81. The molecule has 34 heavy (non-hydrogen) atoms. The third kappa shape index (κ3) is 6.33. The van der Waals surface area contributed by atoms with Crippen molar-refractivity contribution in [1.82, 2.24) is 14.9 Å². The van der Waals surface area contributed by atoms with Crippen LogP contribution < -0.4 is 15.4 Å². The first-order chi connectivity index (χ1) is 16.1. The summed E-state index contributed by atoms with van der Waals surface area (Å²) in [5, 5.41) is 5.89. The summed E-state index contributed by atoms with van der Waals surface area (Å²) < 4.78 is 40.2. The van der Waals surface area contributed by atoms with Crippen LogP contribution >= 0.6 is 11.6 Å². The predicted octanol–water partition coefficient (Wildman–Crippen LogP) is 4.61. The lowest BCUT2D eigenvalue weighted by Crippen LogP contribution is -2.30. The molecule has 0 atom stereocenters. The summed E-state index contributed by atoms with van der Waals surface area (Å²) in [5.41, 5.74) is 1.03. The molecule has 3 rings (SSSR count). The SMILES string of the molecule is CCN(CC)C(=O)c1ccc(F)c(Nc2ncc(Cl)c(Nc3ccccc3NS(C)(=O)=O)n2)c1. The molecule has 1 heterocycles. The first kappa shape index (κ1) is 25.2. The van der Waals surface area contributed by atoms with Gasteiger partial charge in [0.25, 0.3) is 5.91 Å². The molecule has 0 saturated heterocycles. The molecule has 12 heteroatoms. The Morgan fingerprint density at radius 3 is 2.38 bits per heavy atom. The highest BCUT2D eigenvalue weighted by Crippen LogP contribution is 2.30. The van der Waals surface area contributed by atoms with E-state index in [1.54, 1.807) is 29.2 Å². The van der Waals surface area contributed by atoms with Crippen LogP contribution in [0.5, 0.6) is 0 Å². The largest absolute Gasteiger partial charge is 0.339 e. The number of para-hydroxylation sites is 2. The van der Waals surface area contributed by atoms with Gasteiger partial charge in [-0.05, 0) is 44.2 Å². The number of benzene rings is 2. The van der Waals surface area contributed by atoms with Gasteiger partial charge in [0.2, 0.25) is 16.0 Å². The fraction of sp³-hybridized carbons (Fsp3) is 0.227. The lowest BCUT2D eigenvalue weighted by atomic mass is 10.1. The maximum Gasteiger partial charge on any atom is 0.253 e. The molecule has 9 nitrogen and oxygen atoms in total. The van der Waals surface area contributed by atoms with Crippen molar-refractivity contribution in [3.8, 4) is 0 Å². The van der Waals surface area contributed by atoms with Crippen LogP contribution in [0.25, 0.3) is 0 Å². The van der Waals surface area contributed by atoms with Crippen LogP contribution in [-0.2, 0) is 10.0 Å². The second-order valence-electron chi connectivity index (χ2n) is 7.23. The number of sulfonamides is 1. The number of rotatable bonds is 9. The average molecular weight is 507 g/mol. The Kier molecular flexibility index (Phi) is 7.90. The zero-order valence-corrected chi connectivity index (χ0v) is 20.3. The first-order valence-corrected chi connectivity index (χ1v) is 12.6. The highest BCUT2D eigenvalue weighted by atomic mass is 35.5. The molecule has 180 valence electrons. The van der Waals surface area contributed by atoms with Gasteiger partial charge < -0.3 is 15.5 Å². The van der Waals surface area contributed by atoms with Crippen molar-refractivity contribution in [3.63, 3.8) is 0 Å². The van der Waals surface area contributed by atoms with Crippen LogP contribution in [0.1, 0.15) is 24.2 Å². The maximum atomic E-state index is 14.5. The van der Waals surface area contributed by atoms with Crippen molar-refractivity contribution in [2.24, 2.45) is 0 Å². The molecular formula is C22H24ClFN6O3S. The van der Waals surface area contributed by atoms with Gasteiger partial charge in [-0.2, -0.15) is 4.98 Å². The van der Waals surface area contributed by atoms with Crippen molar-refractivity contribution in [2.75, 3.05) is 34.7 Å². The van der Waals surface area contributed by atoms with Gasteiger partial charge >= 0.3 is 0 Å². The van der Waals surface area contributed by atoms with Crippen LogP contribution in [0, 0.1) is 5.82 Å². The smallest absolute Gasteiger partial charge is 0.253 e. The summed E-state index contributed by atoms with van der Waals surface area (Å²) in [4.78, 5) is 22.6. The molecule has 1 amide bonds. The minimum atomic E-state index is -3.52. The minimum Gasteiger partial charge on any atom is -0.339 e. The van der Waals surface area contributed by atoms with Gasteiger partial charge in [0.15, 0.2) is 5.82 Å². The highest BCUT2D eigenvalue weighted by Gasteiger charge is 2.16. The molecule has 0 spiro atoms. The Morgan fingerprint density at radius 1 is 1.06 bits per heavy atom. The zero-order valence-electron chi connectivity index (χ0n) is 18.8. The van der Waals surface area contributed by atoms with Gasteiger partial charge in [-0.15, -0.1) is 0 Å². The Balaban J connectivity index is 1.89. The molecular weight excluding hydrogens is 483 g/mol. The Morgan fingerprint density at radius 2 is 1.74 bits per heavy atom. The Bertz CT molecular complexity index is 1300. The molecule has 3 aromatic rings. The molecule has 0 aliphatic heterocycles. The standard InChI is InChI=1S/C22H24ClFN6O3S/c1-4-30(5-2)21(31)14-10-11-16(24)19(12-14)27-22-25-13-15(23)20(28-22)26-17-8-6-7-9-18(17)29-34(3,32)33/h6-13,29H,4-5H2,1-3H3,(H2,25,26,27,28). The van der Waals surface area contributed by atoms with E-state index >= 15 is 0 Å². The second kappa shape index (κ2) is 10.7. The number of halogens is 2. The summed E-state index contributed by atoms with van der Waals surface area (Å²) in [5.74, 6) is -0.626. The van der Waals surface area contributed by atoms with Crippen LogP contribution in [0.15, 0.2) is 48.7 Å². The molecule has 0 fully saturated rings. The van der Waals surface area contributed by atoms with Gasteiger partial charge in [-0.3, -0.25) is 9.52 Å². The van der Waals surface area contributed by atoms with Crippen molar-refractivity contribution in [2.45, 2.75) is 13.8 Å². The van der Waals surface area contributed by atoms with E-state index in [4.69, 9.17) is 11.6 Å². The lowest BCUT2D eigenvalue weighted by molar-refractivity contribution is 0.0773. The van der Waals surface area contributed by atoms with Crippen molar-refractivity contribution < 1.29 is 17.6 Å². The van der Waals surface area contributed by atoms with Crippen molar-refractivity contribution in [3.05, 3.63) is 65.1 Å². The summed E-state index contributed by atoms with van der Waals surface area (Å²) in [6.07, 6.45) is 2.35. The van der Waals surface area contributed by atoms with Crippen molar-refractivity contribution in [1.29, 1.82) is 0 Å². The molecule has 0 radical (unpaired) electrons. The summed E-state index contributed by atoms with van der Waals surface area (Å²) in [7, 11) is -3.52. The third-order valence-electron chi connectivity index (χ3n) is 4.73. The molecule has 0 bridgehead atoms. The predicted molar refractivity (Wildman–Crippen MR) is 132 cm³/mol. The number of carbonyl (C=O) groups is 1. The van der Waals surface area contributed by atoms with Gasteiger partial charge in [-0.25, -0.2) is 17.8 Å². The lowest BCUT2D eigenvalue weighted by Gasteiger charge is -2.19. The highest BCUT2D eigenvalue weighted by molar-refractivity contribution is 7.92. The van der Waals surface area contributed by atoms with Gasteiger partial charge in [-0.1, -0.05) is 23.7 Å². The number of hydrogen-bond donors (Lipinski definition) is 3. The number of nitrogens with zero attached hydrogens (tertiary/aromatic N) is 3. The van der Waals surface area contributed by atoms with Crippen LogP contribution in [-0.4, -0.2) is 48.5 Å². The molecule has 0 unspecified atom stereocenters. The van der Waals surface area contributed by atoms with Crippen LogP contribution in [0.3, 0.4) is 0 Å². The quantitative estimate of drug-likeness (QED) is 0.388. The number of anilines is 5. The molecule has 0 aliphatic rings. The summed E-state index contributed by atoms with van der Waals surface area (Å²) in [6, 6.07) is 10.6. The first-order valence-electron chi connectivity index (χ1n) is 10.3. The van der Waals surface area contributed by atoms with E-state index in [1.807, 2.05) is 13.8 Å². The van der Waals surface area contributed by atoms with E-state index in [1.165, 1.54) is 24.4 Å². The normalized spacial score (nSPS) is 11.1. The van der Waals surface area contributed by atoms with E-state index in [0.29, 0.717) is 30.0 Å².